The third-order valence-corrected chi connectivity index (χ3v) is 2.69. The lowest BCUT2D eigenvalue weighted by molar-refractivity contribution is -0.120. The fraction of sp³-hybridized carbons (Fsp3) is 0.0714. The third kappa shape index (κ3) is 5.12. The summed E-state index contributed by atoms with van der Waals surface area (Å²) in [5, 5.41) is 9.06. The van der Waals surface area contributed by atoms with Crippen LogP contribution in [0, 0.1) is 0 Å². The fourth-order valence-electron chi connectivity index (χ4n) is 1.59. The van der Waals surface area contributed by atoms with Gasteiger partial charge in [-0.15, -0.1) is 0 Å². The van der Waals surface area contributed by atoms with Crippen LogP contribution in [0.5, 0.6) is 0 Å². The van der Waals surface area contributed by atoms with Crippen LogP contribution in [0.1, 0.15) is 11.3 Å². The first-order valence-corrected chi connectivity index (χ1v) is 6.52. The fourth-order valence-corrected chi connectivity index (χ4v) is 1.77. The highest BCUT2D eigenvalue weighted by Gasteiger charge is 2.03. The molecule has 0 atom stereocenters. The number of hydrogen-bond donors (Lipinski definition) is 3. The highest BCUT2D eigenvalue weighted by molar-refractivity contribution is 6.41. The van der Waals surface area contributed by atoms with E-state index >= 15 is 0 Å². The van der Waals surface area contributed by atoms with Crippen LogP contribution in [0.4, 0.5) is 0 Å². The molecule has 0 bridgehead atoms. The van der Waals surface area contributed by atoms with Crippen molar-refractivity contribution in [1.82, 2.24) is 15.6 Å². The smallest absolute Gasteiger partial charge is 0.264 e. The molecule has 0 unspecified atom stereocenters. The molecule has 0 saturated heterocycles. The van der Waals surface area contributed by atoms with Gasteiger partial charge in [-0.1, -0.05) is 41.9 Å². The van der Waals surface area contributed by atoms with Crippen molar-refractivity contribution in [2.75, 3.05) is 0 Å². The molecule has 1 heterocycles. The zero-order valence-corrected chi connectivity index (χ0v) is 11.7. The largest absolute Gasteiger partial charge is 0.302 e. The van der Waals surface area contributed by atoms with Gasteiger partial charge in [0.15, 0.2) is 0 Å². The first kappa shape index (κ1) is 14.8. The van der Waals surface area contributed by atoms with Crippen molar-refractivity contribution in [3.8, 4) is 0 Å². The Morgan fingerprint density at radius 1 is 1.29 bits per heavy atom. The SMILES string of the molecule is O=C(Cc1cc(=O)[nH][nH]1)N/N=C\C(Cl)=C/c1ccccc1. The van der Waals surface area contributed by atoms with E-state index in [1.54, 1.807) is 6.08 Å². The van der Waals surface area contributed by atoms with Crippen LogP contribution in [-0.2, 0) is 11.2 Å². The Labute approximate surface area is 125 Å². The van der Waals surface area contributed by atoms with Gasteiger partial charge in [-0.3, -0.25) is 14.7 Å². The number of nitrogens with one attached hydrogen (secondary N) is 3. The van der Waals surface area contributed by atoms with E-state index in [9.17, 15) is 9.59 Å². The maximum absolute atomic E-state index is 11.5. The predicted molar refractivity (Wildman–Crippen MR) is 82.0 cm³/mol. The van der Waals surface area contributed by atoms with Crippen LogP contribution in [0.2, 0.25) is 0 Å². The molecule has 21 heavy (non-hydrogen) atoms. The number of nitrogens with zero attached hydrogens (tertiary/aromatic N) is 1. The van der Waals surface area contributed by atoms with Gasteiger partial charge in [0.1, 0.15) is 0 Å². The van der Waals surface area contributed by atoms with Gasteiger partial charge < -0.3 is 5.10 Å². The molecule has 0 aliphatic rings. The van der Waals surface area contributed by atoms with E-state index in [-0.39, 0.29) is 17.9 Å². The number of halogens is 1. The van der Waals surface area contributed by atoms with Crippen molar-refractivity contribution >= 4 is 29.8 Å². The summed E-state index contributed by atoms with van der Waals surface area (Å²) in [6, 6.07) is 10.8. The Balaban J connectivity index is 1.85. The van der Waals surface area contributed by atoms with E-state index in [1.807, 2.05) is 30.3 Å². The minimum atomic E-state index is -0.356. The van der Waals surface area contributed by atoms with E-state index in [4.69, 9.17) is 11.6 Å². The molecule has 7 heteroatoms. The number of carbonyl (C=O) groups is 1. The number of hydrogen-bond acceptors (Lipinski definition) is 3. The normalized spacial score (nSPS) is 11.8. The molecule has 2 rings (SSSR count). The van der Waals surface area contributed by atoms with Crippen LogP contribution in [-0.4, -0.2) is 22.3 Å². The summed E-state index contributed by atoms with van der Waals surface area (Å²) >= 11 is 5.97. The molecule has 2 aromatic rings. The van der Waals surface area contributed by atoms with Crippen molar-refractivity contribution in [2.45, 2.75) is 6.42 Å². The highest BCUT2D eigenvalue weighted by atomic mass is 35.5. The topological polar surface area (TPSA) is 90.1 Å². The average molecular weight is 305 g/mol. The van der Waals surface area contributed by atoms with Crippen LogP contribution in [0.3, 0.4) is 0 Å². The van der Waals surface area contributed by atoms with Gasteiger partial charge in [0.25, 0.3) is 5.56 Å². The number of amides is 1. The Morgan fingerprint density at radius 3 is 2.71 bits per heavy atom. The Bertz CT molecular complexity index is 716. The summed E-state index contributed by atoms with van der Waals surface area (Å²) in [5.41, 5.74) is 3.46. The van der Waals surface area contributed by atoms with Crippen molar-refractivity contribution < 1.29 is 4.79 Å². The molecular formula is C14H13ClN4O2. The quantitative estimate of drug-likeness (QED) is 0.579. The maximum Gasteiger partial charge on any atom is 0.264 e. The molecular weight excluding hydrogens is 292 g/mol. The molecule has 0 radical (unpaired) electrons. The number of aromatic nitrogens is 2. The second-order valence-electron chi connectivity index (χ2n) is 4.19. The van der Waals surface area contributed by atoms with Gasteiger partial charge in [-0.25, -0.2) is 5.43 Å². The molecule has 3 N–H and O–H groups in total. The Morgan fingerprint density at radius 2 is 2.05 bits per heavy atom. The summed E-state index contributed by atoms with van der Waals surface area (Å²) in [6.07, 6.45) is 3.09. The van der Waals surface area contributed by atoms with Gasteiger partial charge in [-0.05, 0) is 11.6 Å². The van der Waals surface area contributed by atoms with Crippen molar-refractivity contribution in [2.24, 2.45) is 5.10 Å². The first-order valence-electron chi connectivity index (χ1n) is 6.14. The van der Waals surface area contributed by atoms with Gasteiger partial charge in [0.2, 0.25) is 5.91 Å². The molecule has 1 aromatic carbocycles. The average Bonchev–Trinajstić information content (AvgIpc) is 2.85. The molecule has 0 saturated carbocycles. The highest BCUT2D eigenvalue weighted by Crippen LogP contribution is 2.07. The minimum absolute atomic E-state index is 0.0239. The van der Waals surface area contributed by atoms with E-state index in [2.05, 4.69) is 20.7 Å². The first-order chi connectivity index (χ1) is 10.1. The van der Waals surface area contributed by atoms with Crippen LogP contribution in [0.25, 0.3) is 6.08 Å². The number of rotatable bonds is 5. The third-order valence-electron chi connectivity index (χ3n) is 2.48. The number of aromatic amines is 2. The van der Waals surface area contributed by atoms with Crippen molar-refractivity contribution in [1.29, 1.82) is 0 Å². The summed E-state index contributed by atoms with van der Waals surface area (Å²) in [6.45, 7) is 0. The van der Waals surface area contributed by atoms with Gasteiger partial charge in [-0.2, -0.15) is 5.10 Å². The Kier molecular flexibility index (Phi) is 5.11. The summed E-state index contributed by atoms with van der Waals surface area (Å²) in [5.74, 6) is -0.356. The second-order valence-corrected chi connectivity index (χ2v) is 4.63. The van der Waals surface area contributed by atoms with E-state index in [0.717, 1.165) is 5.56 Å². The van der Waals surface area contributed by atoms with E-state index in [1.165, 1.54) is 12.3 Å². The number of hydrazone groups is 1. The number of H-pyrrole nitrogens is 2. The molecule has 6 nitrogen and oxygen atoms in total. The van der Waals surface area contributed by atoms with Gasteiger partial charge in [0.05, 0.1) is 17.7 Å². The lowest BCUT2D eigenvalue weighted by Crippen LogP contribution is -2.19. The lowest BCUT2D eigenvalue weighted by atomic mass is 10.2. The zero-order valence-electron chi connectivity index (χ0n) is 11.0. The van der Waals surface area contributed by atoms with Crippen LogP contribution in [0.15, 0.2) is 51.3 Å². The van der Waals surface area contributed by atoms with Gasteiger partial charge in [0, 0.05) is 11.8 Å². The van der Waals surface area contributed by atoms with Crippen molar-refractivity contribution in [3.63, 3.8) is 0 Å². The number of benzene rings is 1. The standard InChI is InChI=1S/C14H13ClN4O2/c15-11(6-10-4-2-1-3-5-10)9-16-18-13(20)7-12-8-14(21)19-17-12/h1-6,8-9H,7H2,(H,18,20)(H2,17,19,21)/b11-6+,16-9-. The zero-order chi connectivity index (χ0) is 15.1. The summed E-state index contributed by atoms with van der Waals surface area (Å²) in [4.78, 5) is 22.4. The second kappa shape index (κ2) is 7.25. The molecule has 108 valence electrons. The van der Waals surface area contributed by atoms with E-state index < -0.39 is 0 Å². The monoisotopic (exact) mass is 304 g/mol. The van der Waals surface area contributed by atoms with E-state index in [0.29, 0.717) is 10.7 Å². The molecule has 1 aromatic heterocycles. The van der Waals surface area contributed by atoms with Crippen LogP contribution < -0.4 is 11.0 Å². The molecule has 0 aliphatic carbocycles. The molecule has 0 aliphatic heterocycles. The summed E-state index contributed by atoms with van der Waals surface area (Å²) < 4.78 is 0. The predicted octanol–water partition coefficient (Wildman–Crippen LogP) is 1.63. The minimum Gasteiger partial charge on any atom is -0.302 e. The molecule has 0 fully saturated rings. The molecule has 0 spiro atoms. The Hall–Kier alpha value is -2.60. The number of carbonyl (C=O) groups excluding carboxylic acids is 1. The van der Waals surface area contributed by atoms with Gasteiger partial charge >= 0.3 is 0 Å². The van der Waals surface area contributed by atoms with Crippen molar-refractivity contribution in [3.05, 3.63) is 63.0 Å². The summed E-state index contributed by atoms with van der Waals surface area (Å²) in [7, 11) is 0. The number of allylic oxidation sites excluding steroid dienone is 1. The lowest BCUT2D eigenvalue weighted by Gasteiger charge is -1.97. The van der Waals surface area contributed by atoms with Crippen LogP contribution >= 0.6 is 11.6 Å². The molecule has 1 amide bonds. The maximum atomic E-state index is 11.5.